The van der Waals surface area contributed by atoms with E-state index in [0.717, 1.165) is 25.7 Å². The number of hydrogen-bond acceptors (Lipinski definition) is 2. The van der Waals surface area contributed by atoms with Gasteiger partial charge in [0, 0.05) is 30.8 Å². The van der Waals surface area contributed by atoms with Crippen molar-refractivity contribution in [2.24, 2.45) is 11.3 Å². The van der Waals surface area contributed by atoms with Crippen molar-refractivity contribution >= 4 is 5.78 Å². The lowest BCUT2D eigenvalue weighted by Gasteiger charge is -2.40. The summed E-state index contributed by atoms with van der Waals surface area (Å²) in [7, 11) is 0. The highest BCUT2D eigenvalue weighted by molar-refractivity contribution is 5.98. The van der Waals surface area contributed by atoms with Crippen LogP contribution in [0.2, 0.25) is 0 Å². The zero-order valence-corrected chi connectivity index (χ0v) is 14.8. The predicted octanol–water partition coefficient (Wildman–Crippen LogP) is 4.86. The summed E-state index contributed by atoms with van der Waals surface area (Å²) < 4.78 is 0. The minimum absolute atomic E-state index is 0.275. The van der Waals surface area contributed by atoms with Gasteiger partial charge in [0.05, 0.1) is 0 Å². The average Bonchev–Trinajstić information content (AvgIpc) is 2.95. The summed E-state index contributed by atoms with van der Waals surface area (Å²) in [6.07, 6.45) is 7.88. The van der Waals surface area contributed by atoms with Crippen LogP contribution in [0.5, 0.6) is 0 Å². The van der Waals surface area contributed by atoms with Gasteiger partial charge in [-0.05, 0) is 67.9 Å². The van der Waals surface area contributed by atoms with Gasteiger partial charge < -0.3 is 4.90 Å². The highest BCUT2D eigenvalue weighted by Gasteiger charge is 2.36. The van der Waals surface area contributed by atoms with Crippen LogP contribution in [-0.4, -0.2) is 23.8 Å². The van der Waals surface area contributed by atoms with Crippen LogP contribution in [-0.2, 0) is 4.79 Å². The van der Waals surface area contributed by atoms with Crippen LogP contribution >= 0.6 is 0 Å². The van der Waals surface area contributed by atoms with Crippen molar-refractivity contribution in [1.29, 1.82) is 0 Å². The van der Waals surface area contributed by atoms with Crippen LogP contribution in [0.3, 0.4) is 0 Å². The molecule has 122 valence electrons. The molecule has 22 heavy (non-hydrogen) atoms. The Balaban J connectivity index is 2.08. The van der Waals surface area contributed by atoms with Crippen molar-refractivity contribution in [2.75, 3.05) is 13.1 Å². The van der Waals surface area contributed by atoms with Gasteiger partial charge in [-0.3, -0.25) is 4.79 Å². The molecule has 0 aromatic rings. The van der Waals surface area contributed by atoms with Crippen molar-refractivity contribution in [1.82, 2.24) is 4.90 Å². The fourth-order valence-electron chi connectivity index (χ4n) is 4.66. The van der Waals surface area contributed by atoms with E-state index >= 15 is 0 Å². The number of likely N-dealkylation sites (tertiary alicyclic amines) is 1. The number of Topliss-reactive ketones (excluding diaryl/α,β-unsaturated/α-hetero) is 1. The topological polar surface area (TPSA) is 20.3 Å². The van der Waals surface area contributed by atoms with Gasteiger partial charge in [0.2, 0.25) is 0 Å². The van der Waals surface area contributed by atoms with Crippen molar-refractivity contribution in [3.8, 4) is 0 Å². The smallest absolute Gasteiger partial charge is 0.159 e. The van der Waals surface area contributed by atoms with Gasteiger partial charge in [-0.1, -0.05) is 20.8 Å². The summed E-state index contributed by atoms with van der Waals surface area (Å²) >= 11 is 0. The molecular weight excluding hydrogens is 270 g/mol. The Morgan fingerprint density at radius 1 is 1.09 bits per heavy atom. The third kappa shape index (κ3) is 2.89. The normalized spacial score (nSPS) is 32.8. The molecule has 0 spiro atoms. The second-order valence-corrected chi connectivity index (χ2v) is 8.39. The largest absolute Gasteiger partial charge is 0.375 e. The standard InChI is InChI=1S/C20H31NO/c1-14-8-7-9-18(22)19(14)16-12-20(3,4)13-17(15(16)2)21-10-5-6-11-21/h14H,5-13H2,1-4H3/b19-16+. The minimum atomic E-state index is 0.275. The second-order valence-electron chi connectivity index (χ2n) is 8.39. The number of hydrogen-bond donors (Lipinski definition) is 0. The van der Waals surface area contributed by atoms with E-state index in [1.54, 1.807) is 0 Å². The SMILES string of the molecule is CC1=C(N2CCCC2)CC(C)(C)C/C1=C1\C(=O)CCCC1C. The van der Waals surface area contributed by atoms with Gasteiger partial charge in [0.15, 0.2) is 5.78 Å². The van der Waals surface area contributed by atoms with Crippen LogP contribution in [0.25, 0.3) is 0 Å². The Bertz CT molecular complexity index is 532. The first-order valence-electron chi connectivity index (χ1n) is 9.10. The van der Waals surface area contributed by atoms with Gasteiger partial charge >= 0.3 is 0 Å². The molecule has 3 rings (SSSR count). The van der Waals surface area contributed by atoms with E-state index in [2.05, 4.69) is 32.6 Å². The molecule has 2 aliphatic carbocycles. The maximum atomic E-state index is 12.6. The van der Waals surface area contributed by atoms with Gasteiger partial charge in [0.25, 0.3) is 0 Å². The maximum absolute atomic E-state index is 12.6. The fourth-order valence-corrected chi connectivity index (χ4v) is 4.66. The number of nitrogens with zero attached hydrogens (tertiary/aromatic N) is 1. The molecule has 3 aliphatic rings. The van der Waals surface area contributed by atoms with Gasteiger partial charge in [0.1, 0.15) is 0 Å². The Hall–Kier alpha value is -1.05. The van der Waals surface area contributed by atoms with E-state index in [9.17, 15) is 4.79 Å². The molecule has 1 atom stereocenters. The van der Waals surface area contributed by atoms with Gasteiger partial charge in [-0.2, -0.15) is 0 Å². The zero-order chi connectivity index (χ0) is 15.9. The highest BCUT2D eigenvalue weighted by Crippen LogP contribution is 2.46. The number of ketones is 1. The zero-order valence-electron chi connectivity index (χ0n) is 14.8. The van der Waals surface area contributed by atoms with E-state index in [1.165, 1.54) is 54.8 Å². The summed E-state index contributed by atoms with van der Waals surface area (Å²) in [4.78, 5) is 15.2. The number of allylic oxidation sites excluding steroid dienone is 4. The lowest BCUT2D eigenvalue weighted by Crippen LogP contribution is -2.31. The third-order valence-electron chi connectivity index (χ3n) is 5.83. The molecule has 2 fully saturated rings. The Morgan fingerprint density at radius 2 is 1.77 bits per heavy atom. The summed E-state index contributed by atoms with van der Waals surface area (Å²) in [6.45, 7) is 11.7. The third-order valence-corrected chi connectivity index (χ3v) is 5.83. The van der Waals surface area contributed by atoms with Gasteiger partial charge in [-0.15, -0.1) is 0 Å². The predicted molar refractivity (Wildman–Crippen MR) is 91.6 cm³/mol. The summed E-state index contributed by atoms with van der Waals surface area (Å²) in [5.41, 5.74) is 5.81. The van der Waals surface area contributed by atoms with E-state index in [0.29, 0.717) is 11.7 Å². The molecule has 0 radical (unpaired) electrons. The Morgan fingerprint density at radius 3 is 2.41 bits per heavy atom. The summed E-state index contributed by atoms with van der Waals surface area (Å²) in [6, 6.07) is 0. The van der Waals surface area contributed by atoms with E-state index in [-0.39, 0.29) is 5.41 Å². The summed E-state index contributed by atoms with van der Waals surface area (Å²) in [5.74, 6) is 0.867. The first kappa shape index (κ1) is 15.8. The molecule has 1 saturated heterocycles. The number of carbonyl (C=O) groups excluding carboxylic acids is 1. The number of carbonyl (C=O) groups is 1. The quantitative estimate of drug-likeness (QED) is 0.644. The molecule has 1 aliphatic heterocycles. The molecule has 2 heteroatoms. The van der Waals surface area contributed by atoms with Crippen molar-refractivity contribution < 1.29 is 4.79 Å². The molecule has 0 aromatic heterocycles. The maximum Gasteiger partial charge on any atom is 0.159 e. The first-order chi connectivity index (χ1) is 10.4. The van der Waals surface area contributed by atoms with Crippen molar-refractivity contribution in [2.45, 2.75) is 72.6 Å². The molecule has 0 N–H and O–H groups in total. The fraction of sp³-hybridized carbons (Fsp3) is 0.750. The van der Waals surface area contributed by atoms with E-state index < -0.39 is 0 Å². The van der Waals surface area contributed by atoms with Crippen LogP contribution in [0.1, 0.15) is 72.6 Å². The Kier molecular flexibility index (Phi) is 4.22. The average molecular weight is 301 g/mol. The van der Waals surface area contributed by atoms with Crippen molar-refractivity contribution in [3.63, 3.8) is 0 Å². The lowest BCUT2D eigenvalue weighted by molar-refractivity contribution is -0.117. The van der Waals surface area contributed by atoms with E-state index in [1.807, 2.05) is 0 Å². The second kappa shape index (κ2) is 5.86. The monoisotopic (exact) mass is 301 g/mol. The number of rotatable bonds is 1. The van der Waals surface area contributed by atoms with Crippen LogP contribution in [0, 0.1) is 11.3 Å². The highest BCUT2D eigenvalue weighted by atomic mass is 16.1. The summed E-state index contributed by atoms with van der Waals surface area (Å²) in [5, 5.41) is 0. The Labute approximate surface area is 135 Å². The first-order valence-corrected chi connectivity index (χ1v) is 9.10. The van der Waals surface area contributed by atoms with E-state index in [4.69, 9.17) is 0 Å². The molecule has 2 nitrogen and oxygen atoms in total. The minimum Gasteiger partial charge on any atom is -0.375 e. The van der Waals surface area contributed by atoms with Crippen LogP contribution in [0.4, 0.5) is 0 Å². The molecule has 0 amide bonds. The molecule has 1 saturated carbocycles. The lowest BCUT2D eigenvalue weighted by atomic mass is 9.69. The molecule has 0 aromatic carbocycles. The van der Waals surface area contributed by atoms with Crippen LogP contribution in [0.15, 0.2) is 22.4 Å². The van der Waals surface area contributed by atoms with Gasteiger partial charge in [-0.25, -0.2) is 0 Å². The molecule has 1 unspecified atom stereocenters. The molecule has 0 bridgehead atoms. The van der Waals surface area contributed by atoms with Crippen molar-refractivity contribution in [3.05, 3.63) is 22.4 Å². The molecular formula is C20H31NO. The molecule has 1 heterocycles. The van der Waals surface area contributed by atoms with Crippen LogP contribution < -0.4 is 0 Å².